The van der Waals surface area contributed by atoms with E-state index in [1.807, 2.05) is 13.8 Å². The Labute approximate surface area is 90.1 Å². The molecule has 0 fully saturated rings. The van der Waals surface area contributed by atoms with E-state index in [2.05, 4.69) is 4.98 Å². The summed E-state index contributed by atoms with van der Waals surface area (Å²) in [7, 11) is -1.49. The topological polar surface area (TPSA) is 62.6 Å². The fourth-order valence-electron chi connectivity index (χ4n) is 1.23. The fraction of sp³-hybridized carbons (Fsp3) is 0.500. The SMILES string of the molecule is CCCOc1cc(B(O)O)cnc1CC. The third-order valence-electron chi connectivity index (χ3n) is 2.05. The lowest BCUT2D eigenvalue weighted by molar-refractivity contribution is 0.312. The molecule has 1 aromatic heterocycles. The molecule has 4 nitrogen and oxygen atoms in total. The van der Waals surface area contributed by atoms with Gasteiger partial charge < -0.3 is 14.8 Å². The summed E-state index contributed by atoms with van der Waals surface area (Å²) in [5.41, 5.74) is 1.20. The smallest absolute Gasteiger partial charge is 0.490 e. The van der Waals surface area contributed by atoms with Gasteiger partial charge in [0.15, 0.2) is 0 Å². The Bertz CT molecular complexity index is 318. The zero-order chi connectivity index (χ0) is 11.3. The second-order valence-electron chi connectivity index (χ2n) is 3.29. The summed E-state index contributed by atoms with van der Waals surface area (Å²) >= 11 is 0. The van der Waals surface area contributed by atoms with Gasteiger partial charge in [-0.2, -0.15) is 0 Å². The van der Waals surface area contributed by atoms with Crippen LogP contribution in [0.4, 0.5) is 0 Å². The highest BCUT2D eigenvalue weighted by molar-refractivity contribution is 6.58. The van der Waals surface area contributed by atoms with Crippen LogP contribution in [0.5, 0.6) is 5.75 Å². The van der Waals surface area contributed by atoms with Gasteiger partial charge in [-0.05, 0) is 18.9 Å². The number of aromatic nitrogens is 1. The van der Waals surface area contributed by atoms with Crippen molar-refractivity contribution in [2.24, 2.45) is 0 Å². The zero-order valence-corrected chi connectivity index (χ0v) is 9.10. The van der Waals surface area contributed by atoms with E-state index in [9.17, 15) is 0 Å². The largest absolute Gasteiger partial charge is 0.492 e. The molecule has 0 atom stereocenters. The first-order valence-electron chi connectivity index (χ1n) is 5.16. The van der Waals surface area contributed by atoms with Gasteiger partial charge in [-0.1, -0.05) is 13.8 Å². The molecule has 1 heterocycles. The summed E-state index contributed by atoms with van der Waals surface area (Å²) in [6.07, 6.45) is 3.14. The van der Waals surface area contributed by atoms with E-state index in [1.54, 1.807) is 6.07 Å². The highest BCUT2D eigenvalue weighted by Crippen LogP contribution is 2.14. The maximum Gasteiger partial charge on any atom is 0.490 e. The number of aryl methyl sites for hydroxylation is 1. The summed E-state index contributed by atoms with van der Waals surface area (Å²) in [5, 5.41) is 18.0. The van der Waals surface area contributed by atoms with Crippen LogP contribution in [0.15, 0.2) is 12.3 Å². The lowest BCUT2D eigenvalue weighted by Crippen LogP contribution is -2.30. The number of nitrogens with zero attached hydrogens (tertiary/aromatic N) is 1. The molecule has 0 aliphatic carbocycles. The number of pyridine rings is 1. The summed E-state index contributed by atoms with van der Waals surface area (Å²) < 4.78 is 5.48. The molecular formula is C10H16BNO3. The molecule has 0 saturated carbocycles. The van der Waals surface area contributed by atoms with Crippen molar-refractivity contribution < 1.29 is 14.8 Å². The third-order valence-corrected chi connectivity index (χ3v) is 2.05. The Morgan fingerprint density at radius 1 is 1.40 bits per heavy atom. The maximum atomic E-state index is 9.00. The van der Waals surface area contributed by atoms with Crippen molar-refractivity contribution in [3.63, 3.8) is 0 Å². The molecule has 0 amide bonds. The van der Waals surface area contributed by atoms with Gasteiger partial charge in [-0.15, -0.1) is 0 Å². The van der Waals surface area contributed by atoms with Crippen LogP contribution >= 0.6 is 0 Å². The second kappa shape index (κ2) is 5.73. The van der Waals surface area contributed by atoms with Crippen molar-refractivity contribution in [3.8, 4) is 5.75 Å². The Kier molecular flexibility index (Phi) is 4.58. The van der Waals surface area contributed by atoms with Crippen molar-refractivity contribution in [1.29, 1.82) is 0 Å². The van der Waals surface area contributed by atoms with Gasteiger partial charge in [0, 0.05) is 11.7 Å². The number of hydrogen-bond acceptors (Lipinski definition) is 4. The Morgan fingerprint density at radius 2 is 2.13 bits per heavy atom. The molecule has 5 heteroatoms. The van der Waals surface area contributed by atoms with Gasteiger partial charge in [-0.25, -0.2) is 0 Å². The minimum absolute atomic E-state index is 0.360. The predicted molar refractivity (Wildman–Crippen MR) is 59.2 cm³/mol. The molecule has 0 radical (unpaired) electrons. The molecule has 82 valence electrons. The minimum Gasteiger partial charge on any atom is -0.492 e. The van der Waals surface area contributed by atoms with Gasteiger partial charge >= 0.3 is 7.12 Å². The van der Waals surface area contributed by atoms with E-state index in [4.69, 9.17) is 14.8 Å². The standard InChI is InChI=1S/C10H16BNO3/c1-3-5-15-10-6-8(11(13)14)7-12-9(10)4-2/h6-7,13-14H,3-5H2,1-2H3. The lowest BCUT2D eigenvalue weighted by atomic mass is 9.81. The molecule has 2 N–H and O–H groups in total. The monoisotopic (exact) mass is 209 g/mol. The molecule has 0 aliphatic rings. The predicted octanol–water partition coefficient (Wildman–Crippen LogP) is 0.113. The number of ether oxygens (including phenoxy) is 1. The molecule has 0 aliphatic heterocycles. The molecular weight excluding hydrogens is 193 g/mol. The average Bonchev–Trinajstić information content (AvgIpc) is 2.25. The summed E-state index contributed by atoms with van der Waals surface area (Å²) in [6.45, 7) is 4.61. The van der Waals surface area contributed by atoms with E-state index < -0.39 is 7.12 Å². The van der Waals surface area contributed by atoms with Crippen LogP contribution in [0, 0.1) is 0 Å². The van der Waals surface area contributed by atoms with Crippen LogP contribution in [0.2, 0.25) is 0 Å². The highest BCUT2D eigenvalue weighted by atomic mass is 16.5. The first kappa shape index (κ1) is 12.0. The van der Waals surface area contributed by atoms with Crippen LogP contribution < -0.4 is 10.2 Å². The summed E-state index contributed by atoms with van der Waals surface area (Å²) in [4.78, 5) is 4.13. The molecule has 0 unspecified atom stereocenters. The molecule has 15 heavy (non-hydrogen) atoms. The van der Waals surface area contributed by atoms with Crippen molar-refractivity contribution in [2.45, 2.75) is 26.7 Å². The molecule has 1 aromatic rings. The Balaban J connectivity index is 2.91. The Morgan fingerprint density at radius 3 is 2.67 bits per heavy atom. The number of rotatable bonds is 5. The third kappa shape index (κ3) is 3.21. The quantitative estimate of drug-likeness (QED) is 0.675. The fourth-order valence-corrected chi connectivity index (χ4v) is 1.23. The van der Waals surface area contributed by atoms with Gasteiger partial charge in [0.05, 0.1) is 12.3 Å². The van der Waals surface area contributed by atoms with Crippen LogP contribution in [0.1, 0.15) is 26.0 Å². The Hall–Kier alpha value is -1.07. The normalized spacial score (nSPS) is 10.1. The second-order valence-corrected chi connectivity index (χ2v) is 3.29. The first-order valence-corrected chi connectivity index (χ1v) is 5.16. The van der Waals surface area contributed by atoms with Crippen LogP contribution in [-0.2, 0) is 6.42 Å². The summed E-state index contributed by atoms with van der Waals surface area (Å²) in [6, 6.07) is 1.63. The first-order chi connectivity index (χ1) is 7.19. The van der Waals surface area contributed by atoms with Gasteiger partial charge in [0.1, 0.15) is 5.75 Å². The van der Waals surface area contributed by atoms with Crippen molar-refractivity contribution >= 4 is 12.6 Å². The molecule has 0 bridgehead atoms. The van der Waals surface area contributed by atoms with E-state index in [0.717, 1.165) is 18.5 Å². The zero-order valence-electron chi connectivity index (χ0n) is 9.10. The van der Waals surface area contributed by atoms with Crippen LogP contribution in [0.25, 0.3) is 0 Å². The maximum absolute atomic E-state index is 9.00. The van der Waals surface area contributed by atoms with Gasteiger partial charge in [0.25, 0.3) is 0 Å². The van der Waals surface area contributed by atoms with Crippen molar-refractivity contribution in [3.05, 3.63) is 18.0 Å². The van der Waals surface area contributed by atoms with Crippen LogP contribution in [0.3, 0.4) is 0 Å². The number of hydrogen-bond donors (Lipinski definition) is 2. The van der Waals surface area contributed by atoms with Crippen molar-refractivity contribution in [1.82, 2.24) is 4.98 Å². The van der Waals surface area contributed by atoms with Crippen LogP contribution in [-0.4, -0.2) is 28.8 Å². The van der Waals surface area contributed by atoms with Crippen molar-refractivity contribution in [2.75, 3.05) is 6.61 Å². The lowest BCUT2D eigenvalue weighted by Gasteiger charge is -2.10. The van der Waals surface area contributed by atoms with E-state index in [0.29, 0.717) is 17.8 Å². The average molecular weight is 209 g/mol. The molecule has 1 rings (SSSR count). The molecule has 0 aromatic carbocycles. The summed E-state index contributed by atoms with van der Waals surface area (Å²) in [5.74, 6) is 0.643. The molecule has 0 spiro atoms. The van der Waals surface area contributed by atoms with Gasteiger partial charge in [0.2, 0.25) is 0 Å². The van der Waals surface area contributed by atoms with E-state index in [1.165, 1.54) is 6.20 Å². The van der Waals surface area contributed by atoms with E-state index in [-0.39, 0.29) is 0 Å². The van der Waals surface area contributed by atoms with Gasteiger partial charge in [-0.3, -0.25) is 4.98 Å². The highest BCUT2D eigenvalue weighted by Gasteiger charge is 2.14. The van der Waals surface area contributed by atoms with E-state index >= 15 is 0 Å². The molecule has 0 saturated heterocycles. The minimum atomic E-state index is -1.49.